The molecule has 4 rings (SSSR count). The van der Waals surface area contributed by atoms with Gasteiger partial charge in [0.1, 0.15) is 29.4 Å². The Morgan fingerprint density at radius 1 is 1.07 bits per heavy atom. The normalized spacial score (nSPS) is 12.6. The Morgan fingerprint density at radius 3 is 2.63 bits per heavy atom. The predicted octanol–water partition coefficient (Wildman–Crippen LogP) is 3.55. The highest BCUT2D eigenvalue weighted by molar-refractivity contribution is 6.00. The van der Waals surface area contributed by atoms with Crippen molar-refractivity contribution in [3.8, 4) is 17.2 Å². The fourth-order valence-electron chi connectivity index (χ4n) is 3.80. The summed E-state index contributed by atoms with van der Waals surface area (Å²) in [5, 5.41) is 23.5. The third kappa shape index (κ3) is 3.95. The molecule has 0 fully saturated rings. The Morgan fingerprint density at radius 2 is 1.87 bits per heavy atom. The molecule has 0 unspecified atom stereocenters. The van der Waals surface area contributed by atoms with E-state index in [1.54, 1.807) is 4.90 Å². The van der Waals surface area contributed by atoms with E-state index in [1.165, 1.54) is 6.07 Å². The van der Waals surface area contributed by atoms with Gasteiger partial charge in [-0.1, -0.05) is 48.5 Å². The lowest BCUT2D eigenvalue weighted by molar-refractivity contribution is 0.0743. The number of nitrogens with zero attached hydrogens (tertiary/aromatic N) is 1. The zero-order valence-electron chi connectivity index (χ0n) is 16.8. The molecule has 0 saturated heterocycles. The van der Waals surface area contributed by atoms with Gasteiger partial charge in [-0.2, -0.15) is 0 Å². The molecule has 0 bridgehead atoms. The number of hydrogen-bond donors (Lipinski definition) is 3. The monoisotopic (exact) mass is 404 g/mol. The molecule has 154 valence electrons. The van der Waals surface area contributed by atoms with E-state index in [-0.39, 0.29) is 35.3 Å². The maximum atomic E-state index is 13.3. The number of amides is 1. The summed E-state index contributed by atoms with van der Waals surface area (Å²) in [4.78, 5) is 15.0. The number of nitrogens with one attached hydrogen (secondary N) is 1. The number of hydrogen-bond acceptors (Lipinski definition) is 5. The molecule has 30 heavy (non-hydrogen) atoms. The molecule has 0 atom stereocenters. The maximum Gasteiger partial charge on any atom is 0.262 e. The van der Waals surface area contributed by atoms with Crippen molar-refractivity contribution in [2.75, 3.05) is 7.05 Å². The Hall–Kier alpha value is -3.51. The smallest absolute Gasteiger partial charge is 0.262 e. The van der Waals surface area contributed by atoms with E-state index in [1.807, 2.05) is 49.5 Å². The zero-order valence-corrected chi connectivity index (χ0v) is 16.8. The quantitative estimate of drug-likeness (QED) is 0.585. The number of phenols is 2. The Labute approximate surface area is 175 Å². The van der Waals surface area contributed by atoms with Gasteiger partial charge in [0.2, 0.25) is 0 Å². The second-order valence-corrected chi connectivity index (χ2v) is 7.36. The number of fused-ring (bicyclic) bond motifs is 1. The lowest BCUT2D eigenvalue weighted by Gasteiger charge is -2.19. The molecule has 0 aliphatic carbocycles. The summed E-state index contributed by atoms with van der Waals surface area (Å²) < 4.78 is 5.83. The van der Waals surface area contributed by atoms with Crippen LogP contribution < -0.4 is 10.1 Å². The molecule has 3 aromatic rings. The minimum atomic E-state index is -0.331. The zero-order chi connectivity index (χ0) is 21.1. The molecule has 6 heteroatoms. The number of aromatic hydroxyl groups is 2. The van der Waals surface area contributed by atoms with Crippen molar-refractivity contribution in [3.05, 3.63) is 88.5 Å². The minimum Gasteiger partial charge on any atom is -0.508 e. The summed E-state index contributed by atoms with van der Waals surface area (Å²) in [6.45, 7) is 1.87. The van der Waals surface area contributed by atoms with Crippen LogP contribution in [0.2, 0.25) is 0 Å². The Kier molecular flexibility index (Phi) is 5.59. The fourth-order valence-corrected chi connectivity index (χ4v) is 3.80. The number of rotatable bonds is 6. The summed E-state index contributed by atoms with van der Waals surface area (Å²) in [5.74, 6) is -0.627. The van der Waals surface area contributed by atoms with Crippen molar-refractivity contribution in [2.24, 2.45) is 0 Å². The molecule has 0 radical (unpaired) electrons. The minimum absolute atomic E-state index is 0.0618. The highest BCUT2D eigenvalue weighted by atomic mass is 16.5. The number of benzene rings is 3. The first-order valence-electron chi connectivity index (χ1n) is 9.83. The summed E-state index contributed by atoms with van der Waals surface area (Å²) in [7, 11) is 1.89. The topological polar surface area (TPSA) is 82.0 Å². The van der Waals surface area contributed by atoms with Gasteiger partial charge in [0, 0.05) is 31.8 Å². The van der Waals surface area contributed by atoms with Crippen molar-refractivity contribution < 1.29 is 19.7 Å². The summed E-state index contributed by atoms with van der Waals surface area (Å²) >= 11 is 0. The van der Waals surface area contributed by atoms with E-state index in [0.29, 0.717) is 13.1 Å². The molecule has 0 spiro atoms. The van der Waals surface area contributed by atoms with Gasteiger partial charge in [-0.05, 0) is 29.3 Å². The fraction of sp³-hybridized carbons (Fsp3) is 0.208. The van der Waals surface area contributed by atoms with Crippen LogP contribution in [0.4, 0.5) is 0 Å². The van der Waals surface area contributed by atoms with Crippen LogP contribution in [0.15, 0.2) is 60.7 Å². The van der Waals surface area contributed by atoms with Crippen molar-refractivity contribution >= 4 is 5.91 Å². The largest absolute Gasteiger partial charge is 0.508 e. The van der Waals surface area contributed by atoms with Crippen LogP contribution in [0, 0.1) is 0 Å². The van der Waals surface area contributed by atoms with E-state index in [9.17, 15) is 15.0 Å². The summed E-state index contributed by atoms with van der Waals surface area (Å²) in [6, 6.07) is 18.1. The van der Waals surface area contributed by atoms with Crippen molar-refractivity contribution in [3.63, 3.8) is 0 Å². The molecular formula is C24H24N2O4. The molecule has 0 aromatic heterocycles. The van der Waals surface area contributed by atoms with Gasteiger partial charge < -0.3 is 25.2 Å². The van der Waals surface area contributed by atoms with Crippen LogP contribution in [-0.2, 0) is 26.2 Å². The number of carbonyl (C=O) groups excluding carboxylic acids is 1. The molecule has 1 amide bonds. The lowest BCUT2D eigenvalue weighted by Crippen LogP contribution is -2.26. The van der Waals surface area contributed by atoms with Crippen LogP contribution in [-0.4, -0.2) is 28.1 Å². The highest BCUT2D eigenvalue weighted by Gasteiger charge is 2.30. The van der Waals surface area contributed by atoms with Crippen LogP contribution in [0.1, 0.15) is 32.6 Å². The summed E-state index contributed by atoms with van der Waals surface area (Å²) in [6.07, 6.45) is 0. The van der Waals surface area contributed by atoms with Gasteiger partial charge in [0.15, 0.2) is 0 Å². The molecular weight excluding hydrogens is 380 g/mol. The standard InChI is InChI=1S/C24H24N2O4/c1-25-12-17-8-5-9-18-13-26(14-20(17)18)24(29)23-21(28)10-19(27)11-22(23)30-15-16-6-3-2-4-7-16/h2-11,25,27-28H,12-15H2,1H3. The van der Waals surface area contributed by atoms with Crippen molar-refractivity contribution in [1.29, 1.82) is 0 Å². The highest BCUT2D eigenvalue weighted by Crippen LogP contribution is 2.36. The van der Waals surface area contributed by atoms with E-state index >= 15 is 0 Å². The van der Waals surface area contributed by atoms with E-state index < -0.39 is 0 Å². The van der Waals surface area contributed by atoms with Crippen LogP contribution >= 0.6 is 0 Å². The first-order chi connectivity index (χ1) is 14.6. The van der Waals surface area contributed by atoms with Gasteiger partial charge in [-0.15, -0.1) is 0 Å². The second-order valence-electron chi connectivity index (χ2n) is 7.36. The van der Waals surface area contributed by atoms with Gasteiger partial charge in [-0.25, -0.2) is 0 Å². The predicted molar refractivity (Wildman–Crippen MR) is 113 cm³/mol. The first-order valence-corrected chi connectivity index (χ1v) is 9.83. The van der Waals surface area contributed by atoms with E-state index in [0.717, 1.165) is 34.9 Å². The molecule has 3 aromatic carbocycles. The number of carbonyl (C=O) groups is 1. The van der Waals surface area contributed by atoms with Gasteiger partial charge in [-0.3, -0.25) is 4.79 Å². The maximum absolute atomic E-state index is 13.3. The van der Waals surface area contributed by atoms with Crippen LogP contribution in [0.5, 0.6) is 17.2 Å². The lowest BCUT2D eigenvalue weighted by atomic mass is 10.0. The van der Waals surface area contributed by atoms with Crippen LogP contribution in [0.25, 0.3) is 0 Å². The molecule has 3 N–H and O–H groups in total. The Balaban J connectivity index is 1.60. The van der Waals surface area contributed by atoms with E-state index in [2.05, 4.69) is 11.4 Å². The second kappa shape index (κ2) is 8.47. The van der Waals surface area contributed by atoms with E-state index in [4.69, 9.17) is 4.74 Å². The van der Waals surface area contributed by atoms with Gasteiger partial charge in [0.25, 0.3) is 5.91 Å². The SMILES string of the molecule is CNCc1cccc2c1CN(C(=O)c1c(O)cc(O)cc1OCc1ccccc1)C2. The average molecular weight is 404 g/mol. The number of ether oxygens (including phenoxy) is 1. The van der Waals surface area contributed by atoms with Gasteiger partial charge in [0.05, 0.1) is 0 Å². The first kappa shape index (κ1) is 19.8. The molecule has 0 saturated carbocycles. The molecule has 6 nitrogen and oxygen atoms in total. The third-order valence-electron chi connectivity index (χ3n) is 5.25. The average Bonchev–Trinajstić information content (AvgIpc) is 3.18. The number of phenolic OH excluding ortho intramolecular Hbond substituents is 2. The van der Waals surface area contributed by atoms with Crippen molar-refractivity contribution in [1.82, 2.24) is 10.2 Å². The Bertz CT molecular complexity index is 1070. The summed E-state index contributed by atoms with van der Waals surface area (Å²) in [5.41, 5.74) is 4.36. The van der Waals surface area contributed by atoms with Crippen molar-refractivity contribution in [2.45, 2.75) is 26.2 Å². The molecule has 1 heterocycles. The third-order valence-corrected chi connectivity index (χ3v) is 5.25. The molecule has 1 aliphatic heterocycles. The van der Waals surface area contributed by atoms with Crippen LogP contribution in [0.3, 0.4) is 0 Å². The van der Waals surface area contributed by atoms with Gasteiger partial charge >= 0.3 is 0 Å². The molecule has 1 aliphatic rings.